The van der Waals surface area contributed by atoms with Gasteiger partial charge in [0.1, 0.15) is 11.6 Å². The van der Waals surface area contributed by atoms with Gasteiger partial charge in [-0.05, 0) is 30.3 Å². The Kier molecular flexibility index (Phi) is 3.67. The molecule has 2 rings (SSSR count). The summed E-state index contributed by atoms with van der Waals surface area (Å²) in [5, 5.41) is 0. The maximum atomic E-state index is 12.7. The van der Waals surface area contributed by atoms with Crippen molar-refractivity contribution in [3.8, 4) is 11.6 Å². The Labute approximate surface area is 104 Å². The van der Waals surface area contributed by atoms with E-state index in [-0.39, 0.29) is 11.6 Å². The van der Waals surface area contributed by atoms with Crippen LogP contribution in [0.4, 0.5) is 4.39 Å². The number of pyridine rings is 1. The van der Waals surface area contributed by atoms with E-state index in [0.717, 1.165) is 0 Å². The van der Waals surface area contributed by atoms with E-state index in [1.165, 1.54) is 30.5 Å². The van der Waals surface area contributed by atoms with Gasteiger partial charge in [0.05, 0.1) is 0 Å². The molecule has 0 saturated carbocycles. The third-order valence-corrected chi connectivity index (χ3v) is 2.42. The maximum Gasteiger partial charge on any atom is 0.219 e. The molecule has 0 spiro atoms. The van der Waals surface area contributed by atoms with Crippen molar-refractivity contribution >= 4 is 5.78 Å². The molecule has 92 valence electrons. The Balaban J connectivity index is 2.10. The maximum absolute atomic E-state index is 12.7. The molecule has 0 aliphatic heterocycles. The number of ether oxygens (including phenoxy) is 1. The lowest BCUT2D eigenvalue weighted by atomic mass is 10.1. The Morgan fingerprint density at radius 2 is 1.94 bits per heavy atom. The van der Waals surface area contributed by atoms with E-state index >= 15 is 0 Å². The van der Waals surface area contributed by atoms with Crippen molar-refractivity contribution in [3.05, 3.63) is 54.0 Å². The zero-order valence-corrected chi connectivity index (χ0v) is 9.89. The number of halogens is 1. The fourth-order valence-corrected chi connectivity index (χ4v) is 1.43. The minimum Gasteiger partial charge on any atom is -0.439 e. The lowest BCUT2D eigenvalue weighted by molar-refractivity contribution is 0.0988. The second kappa shape index (κ2) is 5.40. The highest BCUT2D eigenvalue weighted by molar-refractivity contribution is 5.95. The lowest BCUT2D eigenvalue weighted by Gasteiger charge is -2.04. The predicted molar refractivity (Wildman–Crippen MR) is 65.3 cm³/mol. The van der Waals surface area contributed by atoms with E-state index in [2.05, 4.69) is 4.98 Å². The fourth-order valence-electron chi connectivity index (χ4n) is 1.43. The SMILES string of the molecule is CCC(=O)c1ccc(Oc2ccc(F)cc2)nc1. The molecule has 0 bridgehead atoms. The highest BCUT2D eigenvalue weighted by Crippen LogP contribution is 2.19. The smallest absolute Gasteiger partial charge is 0.219 e. The second-order valence-electron chi connectivity index (χ2n) is 3.72. The van der Waals surface area contributed by atoms with E-state index in [1.54, 1.807) is 19.1 Å². The van der Waals surface area contributed by atoms with Crippen molar-refractivity contribution in [2.75, 3.05) is 0 Å². The summed E-state index contributed by atoms with van der Waals surface area (Å²) < 4.78 is 18.1. The lowest BCUT2D eigenvalue weighted by Crippen LogP contribution is -1.97. The second-order valence-corrected chi connectivity index (χ2v) is 3.72. The van der Waals surface area contributed by atoms with E-state index < -0.39 is 0 Å². The van der Waals surface area contributed by atoms with Gasteiger partial charge in [0.2, 0.25) is 5.88 Å². The number of nitrogens with zero attached hydrogens (tertiary/aromatic N) is 1. The molecule has 1 aromatic heterocycles. The van der Waals surface area contributed by atoms with Gasteiger partial charge in [0.25, 0.3) is 0 Å². The molecule has 0 saturated heterocycles. The number of rotatable bonds is 4. The quantitative estimate of drug-likeness (QED) is 0.772. The van der Waals surface area contributed by atoms with Crippen LogP contribution >= 0.6 is 0 Å². The Morgan fingerprint density at radius 3 is 2.50 bits per heavy atom. The van der Waals surface area contributed by atoms with Crippen molar-refractivity contribution in [2.45, 2.75) is 13.3 Å². The first kappa shape index (κ1) is 12.2. The summed E-state index contributed by atoms with van der Waals surface area (Å²) in [4.78, 5) is 15.4. The third-order valence-electron chi connectivity index (χ3n) is 2.42. The van der Waals surface area contributed by atoms with Crippen LogP contribution in [0.25, 0.3) is 0 Å². The van der Waals surface area contributed by atoms with Crippen molar-refractivity contribution in [1.29, 1.82) is 0 Å². The molecule has 0 radical (unpaired) electrons. The number of benzene rings is 1. The summed E-state index contributed by atoms with van der Waals surface area (Å²) in [5.74, 6) is 0.586. The highest BCUT2D eigenvalue weighted by Gasteiger charge is 2.04. The minimum absolute atomic E-state index is 0.0378. The monoisotopic (exact) mass is 245 g/mol. The Hall–Kier alpha value is -2.23. The molecule has 0 atom stereocenters. The van der Waals surface area contributed by atoms with Crippen LogP contribution < -0.4 is 4.74 Å². The highest BCUT2D eigenvalue weighted by atomic mass is 19.1. The normalized spacial score (nSPS) is 10.1. The molecular formula is C14H12FNO2. The molecule has 0 unspecified atom stereocenters. The van der Waals surface area contributed by atoms with Gasteiger partial charge >= 0.3 is 0 Å². The molecule has 3 nitrogen and oxygen atoms in total. The minimum atomic E-state index is -0.320. The number of hydrogen-bond donors (Lipinski definition) is 0. The first-order valence-corrected chi connectivity index (χ1v) is 5.61. The standard InChI is InChI=1S/C14H12FNO2/c1-2-13(17)10-3-8-14(16-9-10)18-12-6-4-11(15)5-7-12/h3-9H,2H2,1H3. The average molecular weight is 245 g/mol. The molecular weight excluding hydrogens is 233 g/mol. The van der Waals surface area contributed by atoms with Crippen LogP contribution in [0, 0.1) is 5.82 Å². The number of hydrogen-bond acceptors (Lipinski definition) is 3. The summed E-state index contributed by atoms with van der Waals surface area (Å²) >= 11 is 0. The van der Waals surface area contributed by atoms with Crippen LogP contribution in [-0.2, 0) is 0 Å². The van der Waals surface area contributed by atoms with E-state index in [4.69, 9.17) is 4.74 Å². The molecule has 0 amide bonds. The van der Waals surface area contributed by atoms with Crippen molar-refractivity contribution in [1.82, 2.24) is 4.98 Å². The van der Waals surface area contributed by atoms with E-state index in [1.807, 2.05) is 0 Å². The number of carbonyl (C=O) groups excluding carboxylic acids is 1. The van der Waals surface area contributed by atoms with Gasteiger partial charge in [-0.25, -0.2) is 9.37 Å². The van der Waals surface area contributed by atoms with E-state index in [9.17, 15) is 9.18 Å². The van der Waals surface area contributed by atoms with Gasteiger partial charge in [0.15, 0.2) is 5.78 Å². The molecule has 18 heavy (non-hydrogen) atoms. The summed E-state index contributed by atoms with van der Waals surface area (Å²) in [6, 6.07) is 8.93. The first-order valence-electron chi connectivity index (χ1n) is 5.61. The average Bonchev–Trinajstić information content (AvgIpc) is 2.41. The van der Waals surface area contributed by atoms with Gasteiger partial charge in [-0.15, -0.1) is 0 Å². The number of carbonyl (C=O) groups is 1. The Bertz CT molecular complexity index is 535. The predicted octanol–water partition coefficient (Wildman–Crippen LogP) is 3.61. The number of ketones is 1. The third kappa shape index (κ3) is 2.91. The van der Waals surface area contributed by atoms with Gasteiger partial charge < -0.3 is 4.74 Å². The fraction of sp³-hybridized carbons (Fsp3) is 0.143. The van der Waals surface area contributed by atoms with E-state index in [0.29, 0.717) is 23.6 Å². The number of aromatic nitrogens is 1. The number of Topliss-reactive ketones (excluding diaryl/α,β-unsaturated/α-hetero) is 1. The van der Waals surface area contributed by atoms with Crippen LogP contribution in [0.5, 0.6) is 11.6 Å². The molecule has 2 aromatic rings. The van der Waals surface area contributed by atoms with Crippen molar-refractivity contribution < 1.29 is 13.9 Å². The zero-order valence-electron chi connectivity index (χ0n) is 9.89. The first-order chi connectivity index (χ1) is 8.69. The molecule has 1 heterocycles. The van der Waals surface area contributed by atoms with Crippen molar-refractivity contribution in [2.24, 2.45) is 0 Å². The molecule has 4 heteroatoms. The van der Waals surface area contributed by atoms with Gasteiger partial charge in [-0.3, -0.25) is 4.79 Å². The van der Waals surface area contributed by atoms with Crippen LogP contribution in [-0.4, -0.2) is 10.8 Å². The van der Waals surface area contributed by atoms with Crippen LogP contribution in [0.3, 0.4) is 0 Å². The summed E-state index contributed by atoms with van der Waals surface area (Å²) in [5.41, 5.74) is 0.559. The molecule has 0 N–H and O–H groups in total. The van der Waals surface area contributed by atoms with Gasteiger partial charge in [-0.2, -0.15) is 0 Å². The summed E-state index contributed by atoms with van der Waals surface area (Å²) in [6.07, 6.45) is 1.92. The molecule has 0 aliphatic carbocycles. The molecule has 0 aliphatic rings. The Morgan fingerprint density at radius 1 is 1.22 bits per heavy atom. The van der Waals surface area contributed by atoms with Gasteiger partial charge in [0, 0.05) is 24.2 Å². The van der Waals surface area contributed by atoms with Crippen LogP contribution in [0.1, 0.15) is 23.7 Å². The molecule has 0 fully saturated rings. The summed E-state index contributed by atoms with van der Waals surface area (Å²) in [6.45, 7) is 1.80. The largest absolute Gasteiger partial charge is 0.439 e. The van der Waals surface area contributed by atoms with Crippen LogP contribution in [0.2, 0.25) is 0 Å². The summed E-state index contributed by atoms with van der Waals surface area (Å²) in [7, 11) is 0. The zero-order chi connectivity index (χ0) is 13.0. The van der Waals surface area contributed by atoms with Crippen molar-refractivity contribution in [3.63, 3.8) is 0 Å². The topological polar surface area (TPSA) is 39.2 Å². The van der Waals surface area contributed by atoms with Crippen LogP contribution in [0.15, 0.2) is 42.6 Å². The van der Waals surface area contributed by atoms with Gasteiger partial charge in [-0.1, -0.05) is 6.92 Å². The molecule has 1 aromatic carbocycles.